The first kappa shape index (κ1) is 61.4. The zero-order valence-corrected chi connectivity index (χ0v) is 44.4. The summed E-state index contributed by atoms with van der Waals surface area (Å²) in [5, 5.41) is 34.3. The number of carboxylic acid groups (broad SMARTS) is 1. The number of rotatable bonds is 20. The van der Waals surface area contributed by atoms with Crippen LogP contribution >= 0.6 is 0 Å². The van der Waals surface area contributed by atoms with Gasteiger partial charge in [0, 0.05) is 92.5 Å². The van der Waals surface area contributed by atoms with Gasteiger partial charge in [-0.25, -0.2) is 33.0 Å². The maximum Gasteiger partial charge on any atom is 0.407 e. The molecule has 3 aliphatic rings. The number of methoxy groups -OCH3 is 1. The lowest BCUT2D eigenvalue weighted by Gasteiger charge is -2.44. The van der Waals surface area contributed by atoms with Gasteiger partial charge in [0.15, 0.2) is 0 Å². The average molecular weight is 1150 g/mol. The number of carbonyl (C=O) groups excluding carboxylic acids is 3. The maximum atomic E-state index is 16.0. The molecule has 18 nitrogen and oxygen atoms in total. The van der Waals surface area contributed by atoms with Crippen molar-refractivity contribution in [3.05, 3.63) is 101 Å². The summed E-state index contributed by atoms with van der Waals surface area (Å²) in [5.74, 6) is 1.36. The van der Waals surface area contributed by atoms with Crippen molar-refractivity contribution in [2.45, 2.75) is 109 Å². The summed E-state index contributed by atoms with van der Waals surface area (Å²) >= 11 is 0. The van der Waals surface area contributed by atoms with Crippen molar-refractivity contribution >= 4 is 29.8 Å². The van der Waals surface area contributed by atoms with E-state index >= 15 is 8.78 Å². The van der Waals surface area contributed by atoms with Crippen LogP contribution in [0.25, 0.3) is 11.1 Å². The lowest BCUT2D eigenvalue weighted by Crippen LogP contribution is -2.63. The summed E-state index contributed by atoms with van der Waals surface area (Å²) < 4.78 is 150. The number of hydrogen-bond donors (Lipinski definition) is 7. The highest BCUT2D eigenvalue weighted by Gasteiger charge is 2.57. The van der Waals surface area contributed by atoms with Gasteiger partial charge in [-0.1, -0.05) is 24.0 Å². The Hall–Kier alpha value is -7.22. The molecule has 3 aliphatic heterocycles. The molecule has 4 aromatic rings. The Morgan fingerprint density at radius 1 is 0.815 bits per heavy atom. The molecule has 2 aromatic heterocycles. The molecule has 0 aliphatic carbocycles. The first-order valence-electron chi connectivity index (χ1n) is 25.6. The Balaban J connectivity index is 1.17. The van der Waals surface area contributed by atoms with E-state index in [0.29, 0.717) is 74.0 Å². The van der Waals surface area contributed by atoms with Gasteiger partial charge in [-0.15, -0.1) is 0 Å². The molecule has 2 aromatic carbocycles. The molecule has 7 N–H and O–H groups in total. The molecule has 440 valence electrons. The van der Waals surface area contributed by atoms with E-state index in [0.717, 1.165) is 70.9 Å². The van der Waals surface area contributed by atoms with Crippen molar-refractivity contribution in [1.29, 1.82) is 0 Å². The predicted molar refractivity (Wildman–Crippen MR) is 272 cm³/mol. The van der Waals surface area contributed by atoms with Crippen LogP contribution in [0.5, 0.6) is 0 Å². The first-order valence-corrected chi connectivity index (χ1v) is 25.6. The molecule has 4 amide bonds. The number of anilines is 1. The minimum absolute atomic E-state index is 0.185. The number of ether oxygens (including phenoxy) is 1. The second-order valence-electron chi connectivity index (χ2n) is 21.4. The van der Waals surface area contributed by atoms with Gasteiger partial charge in [0.05, 0.1) is 36.3 Å². The van der Waals surface area contributed by atoms with Gasteiger partial charge < -0.3 is 41.1 Å². The van der Waals surface area contributed by atoms with Gasteiger partial charge in [0.2, 0.25) is 5.91 Å². The van der Waals surface area contributed by atoms with E-state index < -0.39 is 115 Å². The number of nitrogens with zero attached hydrogens (tertiary/aromatic N) is 6. The molecule has 3 fully saturated rings. The van der Waals surface area contributed by atoms with E-state index in [4.69, 9.17) is 0 Å². The number of aliphatic hydroxyl groups excluding tert-OH is 1. The van der Waals surface area contributed by atoms with Crippen LogP contribution in [0.2, 0.25) is 0 Å². The van der Waals surface area contributed by atoms with E-state index in [2.05, 4.69) is 47.1 Å². The van der Waals surface area contributed by atoms with Crippen LogP contribution in [0, 0.1) is 40.2 Å². The molecule has 0 radical (unpaired) electrons. The van der Waals surface area contributed by atoms with Crippen LogP contribution in [0.15, 0.2) is 67.1 Å². The SMILES string of the molecule is COC(=O)NC(C(=O)NC(Cc1ccc(C#Cc2ccc(N3CC4CCC(C3)N4CC3CNC3)nc2)cc1)C(O)CN(Cc1c(F)cc(-c2cnn(C(F)F)c2)cc1F)NC(=O)C(NC(=O)O)C(C)(C)C(F)(F)F)C(C)(C)C(F)(F)F. The second-order valence-corrected chi connectivity index (χ2v) is 21.4. The smallest absolute Gasteiger partial charge is 0.407 e. The molecule has 3 saturated heterocycles. The molecule has 0 spiro atoms. The zero-order chi connectivity index (χ0) is 59.4. The van der Waals surface area contributed by atoms with Crippen molar-refractivity contribution in [2.24, 2.45) is 16.7 Å². The number of amides is 4. The number of pyridine rings is 1. The molecule has 6 atom stereocenters. The molecule has 81 heavy (non-hydrogen) atoms. The van der Waals surface area contributed by atoms with E-state index in [1.807, 2.05) is 22.9 Å². The molecule has 7 rings (SSSR count). The fraction of sp³-hybridized carbons (Fsp3) is 0.509. The Morgan fingerprint density at radius 2 is 1.40 bits per heavy atom. The van der Waals surface area contributed by atoms with Gasteiger partial charge in [-0.05, 0) is 100 Å². The Morgan fingerprint density at radius 3 is 1.90 bits per heavy atom. The summed E-state index contributed by atoms with van der Waals surface area (Å²) in [6, 6.07) is 5.08. The second kappa shape index (κ2) is 24.9. The fourth-order valence-corrected chi connectivity index (χ4v) is 9.77. The standard InChI is InChI=1S/C53H61F10N11O7/c1-50(2,52(58,59)60)43(69-49(80)81-5)45(76)67-40(16-30-9-6-29(7-10-30)8-11-31-12-15-42(65-21-31)71-25-35-13-14-36(26-71)73(35)23-32-19-64-20-32)41(75)28-72(70-46(77)44(68-48(78)79)51(3,4)53(61,62)63)27-37-38(54)17-33(18-39(37)55)34-22-66-74(24-34)47(56)57/h6-7,9-10,12,15,17-18,21-22,24,32,35-36,40-41,43-44,47,64,68,75H,13-14,16,19-20,23,25-28H2,1-5H3,(H,67,76)(H,69,80)(H,70,77)(H,78,79). The molecule has 2 bridgehead atoms. The van der Waals surface area contributed by atoms with Crippen LogP contribution in [0.4, 0.5) is 59.3 Å². The number of benzene rings is 2. The number of nitrogens with one attached hydrogen (secondary N) is 5. The van der Waals surface area contributed by atoms with E-state index in [1.165, 1.54) is 29.6 Å². The summed E-state index contributed by atoms with van der Waals surface area (Å²) in [6.45, 7) is 1.56. The molecular weight excluding hydrogens is 1090 g/mol. The number of aromatic nitrogens is 3. The number of carbonyl (C=O) groups is 4. The highest BCUT2D eigenvalue weighted by Crippen LogP contribution is 2.42. The Kier molecular flexibility index (Phi) is 18.9. The van der Waals surface area contributed by atoms with E-state index in [-0.39, 0.29) is 21.4 Å². The number of fused-ring (bicyclic) bond motifs is 2. The minimum atomic E-state index is -5.28. The van der Waals surface area contributed by atoms with Gasteiger partial charge >= 0.3 is 31.1 Å². The van der Waals surface area contributed by atoms with Crippen LogP contribution in [-0.2, 0) is 27.3 Å². The number of alkyl carbamates (subject to hydrolysis) is 1. The summed E-state index contributed by atoms with van der Waals surface area (Å²) in [4.78, 5) is 61.7. The van der Waals surface area contributed by atoms with Crippen molar-refractivity contribution in [2.75, 3.05) is 51.3 Å². The van der Waals surface area contributed by atoms with E-state index in [9.17, 15) is 64.5 Å². The van der Waals surface area contributed by atoms with Crippen LogP contribution in [0.1, 0.15) is 69.3 Å². The molecular formula is C53H61F10N11O7. The largest absolute Gasteiger partial charge is 0.465 e. The summed E-state index contributed by atoms with van der Waals surface area (Å²) in [5.41, 5.74) is -4.44. The molecule has 6 unspecified atom stereocenters. The van der Waals surface area contributed by atoms with Gasteiger partial charge in [-0.2, -0.15) is 40.2 Å². The van der Waals surface area contributed by atoms with Crippen molar-refractivity contribution in [1.82, 2.24) is 51.4 Å². The van der Waals surface area contributed by atoms with Crippen molar-refractivity contribution in [3.63, 3.8) is 0 Å². The maximum absolute atomic E-state index is 16.0. The molecule has 0 saturated carbocycles. The third-order valence-corrected chi connectivity index (χ3v) is 15.0. The molecule has 28 heteroatoms. The van der Waals surface area contributed by atoms with Gasteiger partial charge in [0.1, 0.15) is 29.5 Å². The number of halogens is 10. The highest BCUT2D eigenvalue weighted by molar-refractivity contribution is 5.87. The summed E-state index contributed by atoms with van der Waals surface area (Å²) in [6.07, 6.45) is -11.1. The minimum Gasteiger partial charge on any atom is -0.465 e. The Bertz CT molecular complexity index is 2910. The highest BCUT2D eigenvalue weighted by atomic mass is 19.4. The monoisotopic (exact) mass is 1150 g/mol. The number of hydrogen-bond acceptors (Lipinski definition) is 12. The lowest BCUT2D eigenvalue weighted by atomic mass is 9.82. The number of aliphatic hydroxyl groups is 1. The van der Waals surface area contributed by atoms with Crippen molar-refractivity contribution < 1.29 is 78.0 Å². The van der Waals surface area contributed by atoms with Gasteiger partial charge in [0.25, 0.3) is 5.91 Å². The number of piperazine rings is 1. The third kappa shape index (κ3) is 14.6. The van der Waals surface area contributed by atoms with E-state index in [1.54, 1.807) is 6.20 Å². The molecule has 5 heterocycles. The van der Waals surface area contributed by atoms with Crippen LogP contribution < -0.4 is 31.6 Å². The normalized spacial score (nSPS) is 18.5. The lowest BCUT2D eigenvalue weighted by molar-refractivity contribution is -0.221. The predicted octanol–water partition coefficient (Wildman–Crippen LogP) is 6.35. The topological polar surface area (TPSA) is 219 Å². The van der Waals surface area contributed by atoms with Crippen LogP contribution in [-0.4, -0.2) is 154 Å². The third-order valence-electron chi connectivity index (χ3n) is 15.0. The zero-order valence-electron chi connectivity index (χ0n) is 44.4. The Labute approximate surface area is 458 Å². The first-order chi connectivity index (χ1) is 37.9. The summed E-state index contributed by atoms with van der Waals surface area (Å²) in [7, 11) is 0.814. The quantitative estimate of drug-likeness (QED) is 0.0292. The van der Waals surface area contributed by atoms with Crippen LogP contribution in [0.3, 0.4) is 0 Å². The average Bonchev–Trinajstić information content (AvgIpc) is 4.11. The number of hydrazine groups is 1. The van der Waals surface area contributed by atoms with Crippen molar-refractivity contribution in [3.8, 4) is 23.0 Å². The fourth-order valence-electron chi connectivity index (χ4n) is 9.77. The number of alkyl halides is 8. The van der Waals surface area contributed by atoms with Gasteiger partial charge in [-0.3, -0.25) is 19.9 Å².